The smallest absolute Gasteiger partial charge is 0.240 e. The van der Waals surface area contributed by atoms with E-state index in [1.54, 1.807) is 0 Å². The first-order valence-electron chi connectivity index (χ1n) is 9.63. The summed E-state index contributed by atoms with van der Waals surface area (Å²) in [6.07, 6.45) is 3.84. The van der Waals surface area contributed by atoms with Gasteiger partial charge in [0.2, 0.25) is 11.8 Å². The molecule has 1 aromatic rings. The molecule has 1 fully saturated rings. The summed E-state index contributed by atoms with van der Waals surface area (Å²) in [7, 11) is 4.01. The number of hydrogen-bond donors (Lipinski definition) is 0. The average Bonchev–Trinajstić information content (AvgIpc) is 2.80. The molecule has 1 aliphatic heterocycles. The van der Waals surface area contributed by atoms with E-state index in [1.165, 1.54) is 10.5 Å². The fourth-order valence-electron chi connectivity index (χ4n) is 4.26. The predicted octanol–water partition coefficient (Wildman–Crippen LogP) is 3.18. The van der Waals surface area contributed by atoms with Crippen molar-refractivity contribution in [2.45, 2.75) is 57.5 Å². The van der Waals surface area contributed by atoms with E-state index in [-0.39, 0.29) is 30.3 Å². The highest BCUT2D eigenvalue weighted by molar-refractivity contribution is 6.09. The van der Waals surface area contributed by atoms with Gasteiger partial charge in [-0.25, -0.2) is 0 Å². The van der Waals surface area contributed by atoms with Gasteiger partial charge in [0.25, 0.3) is 0 Å². The van der Waals surface area contributed by atoms with E-state index in [4.69, 9.17) is 4.74 Å². The lowest BCUT2D eigenvalue weighted by molar-refractivity contribution is -0.140. The van der Waals surface area contributed by atoms with Gasteiger partial charge in [-0.05, 0) is 83.4 Å². The highest BCUT2D eigenvalue weighted by Gasteiger charge is 2.53. The van der Waals surface area contributed by atoms with E-state index >= 15 is 0 Å². The molecule has 0 bridgehead atoms. The molecular formula is C21H31ClN2O3. The minimum absolute atomic E-state index is 0. The first-order chi connectivity index (χ1) is 12.3. The number of aryl methyl sites for hydroxylation is 1. The lowest BCUT2D eigenvalue weighted by atomic mass is 9.69. The van der Waals surface area contributed by atoms with Crippen molar-refractivity contribution in [1.82, 2.24) is 9.80 Å². The molecule has 27 heavy (non-hydrogen) atoms. The summed E-state index contributed by atoms with van der Waals surface area (Å²) < 4.78 is 5.85. The molecule has 1 saturated heterocycles. The van der Waals surface area contributed by atoms with Crippen LogP contribution in [-0.2, 0) is 21.4 Å². The zero-order valence-electron chi connectivity index (χ0n) is 16.8. The van der Waals surface area contributed by atoms with Crippen molar-refractivity contribution in [2.24, 2.45) is 0 Å². The molecular weight excluding hydrogens is 364 g/mol. The van der Waals surface area contributed by atoms with E-state index in [2.05, 4.69) is 11.0 Å². The molecule has 150 valence electrons. The third kappa shape index (κ3) is 4.30. The molecule has 5 nitrogen and oxygen atoms in total. The predicted molar refractivity (Wildman–Crippen MR) is 109 cm³/mol. The lowest BCUT2D eigenvalue weighted by Crippen LogP contribution is -2.41. The number of carbonyl (C=O) groups is 2. The Balaban J connectivity index is 0.00000261. The van der Waals surface area contributed by atoms with Crippen LogP contribution in [0.2, 0.25) is 0 Å². The monoisotopic (exact) mass is 394 g/mol. The van der Waals surface area contributed by atoms with Crippen molar-refractivity contribution >= 4 is 24.2 Å². The number of fused-ring (bicyclic) bond motifs is 2. The van der Waals surface area contributed by atoms with Gasteiger partial charge in [-0.2, -0.15) is 0 Å². The molecule has 3 rings (SSSR count). The third-order valence-electron chi connectivity index (χ3n) is 5.41. The minimum atomic E-state index is -0.681. The molecule has 0 saturated carbocycles. The number of likely N-dealkylation sites (tertiary alicyclic amines) is 1. The SMILES string of the molecule is CC(C)Oc1ccc2c(c1)C1(CCC2)CC(=O)N(CCCN(C)C)C1=O.Cl. The largest absolute Gasteiger partial charge is 0.491 e. The summed E-state index contributed by atoms with van der Waals surface area (Å²) in [5.74, 6) is 0.743. The second-order valence-corrected chi connectivity index (χ2v) is 8.11. The van der Waals surface area contributed by atoms with E-state index in [1.807, 2.05) is 40.1 Å². The second kappa shape index (κ2) is 8.61. The molecule has 2 amide bonds. The molecule has 1 spiro atoms. The Bertz CT molecular complexity index is 705. The summed E-state index contributed by atoms with van der Waals surface area (Å²) in [5.41, 5.74) is 1.51. The van der Waals surface area contributed by atoms with Crippen molar-refractivity contribution in [1.29, 1.82) is 0 Å². The molecule has 6 heteroatoms. The van der Waals surface area contributed by atoms with Crippen molar-refractivity contribution in [3.8, 4) is 5.75 Å². The van der Waals surface area contributed by atoms with E-state index in [9.17, 15) is 9.59 Å². The maximum absolute atomic E-state index is 13.3. The molecule has 1 heterocycles. The fourth-order valence-corrected chi connectivity index (χ4v) is 4.26. The zero-order chi connectivity index (χ0) is 18.9. The van der Waals surface area contributed by atoms with Crippen molar-refractivity contribution < 1.29 is 14.3 Å². The van der Waals surface area contributed by atoms with Gasteiger partial charge in [0.15, 0.2) is 0 Å². The highest BCUT2D eigenvalue weighted by Crippen LogP contribution is 2.46. The van der Waals surface area contributed by atoms with Crippen LogP contribution in [0.25, 0.3) is 0 Å². The summed E-state index contributed by atoms with van der Waals surface area (Å²) in [6.45, 7) is 5.36. The normalized spacial score (nSPS) is 21.8. The van der Waals surface area contributed by atoms with Crippen LogP contribution < -0.4 is 4.74 Å². The minimum Gasteiger partial charge on any atom is -0.491 e. The Morgan fingerprint density at radius 3 is 2.67 bits per heavy atom. The molecule has 2 aliphatic rings. The van der Waals surface area contributed by atoms with Crippen LogP contribution in [-0.4, -0.2) is 54.9 Å². The topological polar surface area (TPSA) is 49.9 Å². The quantitative estimate of drug-likeness (QED) is 0.695. The molecule has 1 aromatic carbocycles. The van der Waals surface area contributed by atoms with Crippen LogP contribution in [0, 0.1) is 0 Å². The maximum Gasteiger partial charge on any atom is 0.240 e. The first-order valence-corrected chi connectivity index (χ1v) is 9.63. The number of benzene rings is 1. The standard InChI is InChI=1S/C21H30N2O3.ClH/c1-15(2)26-17-9-8-16-7-5-10-21(18(16)13-17)14-19(24)23(20(21)25)12-6-11-22(3)4;/h8-9,13,15H,5-7,10-12,14H2,1-4H3;1H. The van der Waals surface area contributed by atoms with Crippen LogP contribution >= 0.6 is 12.4 Å². The van der Waals surface area contributed by atoms with Gasteiger partial charge in [-0.3, -0.25) is 14.5 Å². The summed E-state index contributed by atoms with van der Waals surface area (Å²) in [6, 6.07) is 6.05. The Kier molecular flexibility index (Phi) is 6.92. The van der Waals surface area contributed by atoms with Crippen LogP contribution in [0.15, 0.2) is 18.2 Å². The number of amides is 2. The number of carbonyl (C=O) groups excluding carboxylic acids is 2. The summed E-state index contributed by atoms with van der Waals surface area (Å²) >= 11 is 0. The van der Waals surface area contributed by atoms with Gasteiger partial charge >= 0.3 is 0 Å². The molecule has 0 N–H and O–H groups in total. The van der Waals surface area contributed by atoms with Crippen molar-refractivity contribution in [2.75, 3.05) is 27.2 Å². The number of halogens is 1. The number of rotatable bonds is 6. The van der Waals surface area contributed by atoms with Gasteiger partial charge in [-0.15, -0.1) is 12.4 Å². The van der Waals surface area contributed by atoms with Crippen molar-refractivity contribution in [3.05, 3.63) is 29.3 Å². The fraction of sp³-hybridized carbons (Fsp3) is 0.619. The van der Waals surface area contributed by atoms with Crippen LogP contribution in [0.1, 0.15) is 50.7 Å². The van der Waals surface area contributed by atoms with Crippen LogP contribution in [0.3, 0.4) is 0 Å². The Morgan fingerprint density at radius 2 is 2.00 bits per heavy atom. The number of ether oxygens (including phenoxy) is 1. The van der Waals surface area contributed by atoms with Gasteiger partial charge in [0.05, 0.1) is 11.5 Å². The summed E-state index contributed by atoms with van der Waals surface area (Å²) in [5, 5.41) is 0. The van der Waals surface area contributed by atoms with Crippen LogP contribution in [0.4, 0.5) is 0 Å². The van der Waals surface area contributed by atoms with Crippen molar-refractivity contribution in [3.63, 3.8) is 0 Å². The third-order valence-corrected chi connectivity index (χ3v) is 5.41. The van der Waals surface area contributed by atoms with Crippen LogP contribution in [0.5, 0.6) is 5.75 Å². The van der Waals surface area contributed by atoms with Gasteiger partial charge in [0, 0.05) is 13.0 Å². The van der Waals surface area contributed by atoms with E-state index < -0.39 is 5.41 Å². The van der Waals surface area contributed by atoms with E-state index in [0.29, 0.717) is 13.0 Å². The zero-order valence-corrected chi connectivity index (χ0v) is 17.6. The Morgan fingerprint density at radius 1 is 1.26 bits per heavy atom. The lowest BCUT2D eigenvalue weighted by Gasteiger charge is -2.34. The van der Waals surface area contributed by atoms with Gasteiger partial charge < -0.3 is 9.64 Å². The molecule has 1 aliphatic carbocycles. The highest BCUT2D eigenvalue weighted by atomic mass is 35.5. The second-order valence-electron chi connectivity index (χ2n) is 8.11. The maximum atomic E-state index is 13.3. The molecule has 0 radical (unpaired) electrons. The number of hydrogen-bond acceptors (Lipinski definition) is 4. The molecule has 0 aromatic heterocycles. The number of imide groups is 1. The average molecular weight is 395 g/mol. The number of nitrogens with zero attached hydrogens (tertiary/aromatic N) is 2. The first kappa shape index (κ1) is 21.7. The Hall–Kier alpha value is -1.59. The molecule has 1 atom stereocenters. The van der Waals surface area contributed by atoms with E-state index in [0.717, 1.165) is 43.5 Å². The summed E-state index contributed by atoms with van der Waals surface area (Å²) in [4.78, 5) is 29.6. The van der Waals surface area contributed by atoms with Gasteiger partial charge in [-0.1, -0.05) is 6.07 Å². The van der Waals surface area contributed by atoms with Gasteiger partial charge in [0.1, 0.15) is 5.75 Å². The molecule has 1 unspecified atom stereocenters. The Labute approximate surface area is 168 Å².